The van der Waals surface area contributed by atoms with E-state index in [0.717, 1.165) is 37.4 Å². The van der Waals surface area contributed by atoms with Gasteiger partial charge in [-0.25, -0.2) is 0 Å². The van der Waals surface area contributed by atoms with Crippen molar-refractivity contribution in [2.75, 3.05) is 36.1 Å². The molecule has 5 heteroatoms. The van der Waals surface area contributed by atoms with E-state index in [4.69, 9.17) is 11.6 Å². The maximum Gasteiger partial charge on any atom is 0.239 e. The third-order valence-electron chi connectivity index (χ3n) is 4.05. The summed E-state index contributed by atoms with van der Waals surface area (Å²) < 4.78 is 0. The Bertz CT molecular complexity index is 501. The van der Waals surface area contributed by atoms with Crippen LogP contribution in [0.2, 0.25) is 0 Å². The monoisotopic (exact) mass is 323 g/mol. The van der Waals surface area contributed by atoms with Crippen LogP contribution >= 0.6 is 11.6 Å². The maximum absolute atomic E-state index is 11.5. The van der Waals surface area contributed by atoms with Crippen LogP contribution in [0.1, 0.15) is 32.3 Å². The van der Waals surface area contributed by atoms with E-state index in [1.165, 1.54) is 18.4 Å². The van der Waals surface area contributed by atoms with Crippen molar-refractivity contribution in [2.24, 2.45) is 0 Å². The fourth-order valence-corrected chi connectivity index (χ4v) is 3.19. The number of carbonyl (C=O) groups is 1. The molecule has 0 saturated heterocycles. The average Bonchev–Trinajstić information content (AvgIpc) is 2.54. The number of fused-ring (bicyclic) bond motifs is 1. The van der Waals surface area contributed by atoms with Gasteiger partial charge < -0.3 is 10.6 Å². The predicted octanol–water partition coefficient (Wildman–Crippen LogP) is 3.32. The number of nitrogens with zero attached hydrogens (tertiary/aromatic N) is 1. The number of amides is 1. The van der Waals surface area contributed by atoms with E-state index in [2.05, 4.69) is 35.4 Å². The van der Waals surface area contributed by atoms with Crippen molar-refractivity contribution in [2.45, 2.75) is 39.2 Å². The number of carbonyl (C=O) groups excluding carboxylic acids is 1. The van der Waals surface area contributed by atoms with Gasteiger partial charge in [-0.1, -0.05) is 26.0 Å². The molecular formula is C17H26ClN3O. The number of alkyl halides is 1. The van der Waals surface area contributed by atoms with Crippen LogP contribution < -0.4 is 10.6 Å². The van der Waals surface area contributed by atoms with Gasteiger partial charge in [-0.15, -0.1) is 11.6 Å². The molecule has 2 N–H and O–H groups in total. The summed E-state index contributed by atoms with van der Waals surface area (Å²) in [6.45, 7) is 7.65. The van der Waals surface area contributed by atoms with Gasteiger partial charge in [0.1, 0.15) is 5.88 Å². The first-order valence-electron chi connectivity index (χ1n) is 8.15. The summed E-state index contributed by atoms with van der Waals surface area (Å²) in [5, 5.41) is 6.38. The highest BCUT2D eigenvalue weighted by Gasteiger charge is 2.24. The van der Waals surface area contributed by atoms with Crippen LogP contribution in [-0.2, 0) is 11.2 Å². The van der Waals surface area contributed by atoms with E-state index in [1.54, 1.807) is 0 Å². The van der Waals surface area contributed by atoms with Gasteiger partial charge in [-0.05, 0) is 44.0 Å². The first-order chi connectivity index (χ1) is 10.7. The number of para-hydroxylation sites is 1. The number of hydrogen-bond acceptors (Lipinski definition) is 3. The van der Waals surface area contributed by atoms with Crippen LogP contribution in [0.25, 0.3) is 0 Å². The molecule has 1 aliphatic rings. The van der Waals surface area contributed by atoms with E-state index in [9.17, 15) is 4.79 Å². The predicted molar refractivity (Wildman–Crippen MR) is 93.9 cm³/mol. The van der Waals surface area contributed by atoms with E-state index in [0.29, 0.717) is 6.04 Å². The molecule has 0 fully saturated rings. The molecular weight excluding hydrogens is 298 g/mol. The van der Waals surface area contributed by atoms with Crippen molar-refractivity contribution in [3.05, 3.63) is 23.8 Å². The van der Waals surface area contributed by atoms with Crippen LogP contribution in [0.3, 0.4) is 0 Å². The van der Waals surface area contributed by atoms with E-state index >= 15 is 0 Å². The van der Waals surface area contributed by atoms with Gasteiger partial charge in [0.15, 0.2) is 0 Å². The molecule has 1 amide bonds. The summed E-state index contributed by atoms with van der Waals surface area (Å²) in [5.41, 5.74) is 3.14. The van der Waals surface area contributed by atoms with Gasteiger partial charge in [0.05, 0.1) is 11.4 Å². The lowest BCUT2D eigenvalue weighted by atomic mass is 9.97. The zero-order valence-electron chi connectivity index (χ0n) is 13.5. The van der Waals surface area contributed by atoms with Gasteiger partial charge in [-0.2, -0.15) is 0 Å². The molecule has 1 aliphatic heterocycles. The lowest BCUT2D eigenvalue weighted by Gasteiger charge is -2.36. The van der Waals surface area contributed by atoms with Crippen LogP contribution in [-0.4, -0.2) is 42.4 Å². The zero-order valence-corrected chi connectivity index (χ0v) is 14.2. The minimum Gasteiger partial charge on any atom is -0.382 e. The molecule has 0 spiro atoms. The Morgan fingerprint density at radius 1 is 1.36 bits per heavy atom. The minimum atomic E-state index is -0.169. The van der Waals surface area contributed by atoms with Crippen molar-refractivity contribution >= 4 is 28.9 Å². The van der Waals surface area contributed by atoms with Gasteiger partial charge in [0.25, 0.3) is 0 Å². The Kier molecular flexibility index (Phi) is 6.52. The normalized spacial score (nSPS) is 17.0. The summed E-state index contributed by atoms with van der Waals surface area (Å²) in [6.07, 6.45) is 3.37. The summed E-state index contributed by atoms with van der Waals surface area (Å²) >= 11 is 5.58. The van der Waals surface area contributed by atoms with Gasteiger partial charge in [0, 0.05) is 12.6 Å². The Morgan fingerprint density at radius 3 is 2.73 bits per heavy atom. The SMILES string of the molecule is CCCN(CCC)C1CNc2c(cccc2NC(=O)CCl)C1. The Labute approximate surface area is 138 Å². The second-order valence-corrected chi connectivity index (χ2v) is 6.06. The van der Waals surface area contributed by atoms with Crippen molar-refractivity contribution < 1.29 is 4.79 Å². The largest absolute Gasteiger partial charge is 0.382 e. The third kappa shape index (κ3) is 4.14. The average molecular weight is 324 g/mol. The van der Waals surface area contributed by atoms with Gasteiger partial charge in [0.2, 0.25) is 5.91 Å². The summed E-state index contributed by atoms with van der Waals surface area (Å²) in [7, 11) is 0. The van der Waals surface area contributed by atoms with Gasteiger partial charge >= 0.3 is 0 Å². The second kappa shape index (κ2) is 8.39. The number of hydrogen-bond donors (Lipinski definition) is 2. The zero-order chi connectivity index (χ0) is 15.9. The Hall–Kier alpha value is -1.26. The molecule has 0 aromatic heterocycles. The molecule has 1 heterocycles. The molecule has 1 unspecified atom stereocenters. The molecule has 4 nitrogen and oxygen atoms in total. The minimum absolute atomic E-state index is 0.0208. The third-order valence-corrected chi connectivity index (χ3v) is 4.30. The van der Waals surface area contributed by atoms with Crippen molar-refractivity contribution in [3.63, 3.8) is 0 Å². The fourth-order valence-electron chi connectivity index (χ4n) is 3.12. The lowest BCUT2D eigenvalue weighted by Crippen LogP contribution is -2.44. The Balaban J connectivity index is 2.13. The Morgan fingerprint density at radius 2 is 2.09 bits per heavy atom. The van der Waals surface area contributed by atoms with Crippen LogP contribution in [0.4, 0.5) is 11.4 Å². The number of benzene rings is 1. The number of halogens is 1. The highest BCUT2D eigenvalue weighted by Crippen LogP contribution is 2.31. The molecule has 1 aromatic rings. The fraction of sp³-hybridized carbons (Fsp3) is 0.588. The van der Waals surface area contributed by atoms with E-state index in [1.807, 2.05) is 12.1 Å². The lowest BCUT2D eigenvalue weighted by molar-refractivity contribution is -0.113. The summed E-state index contributed by atoms with van der Waals surface area (Å²) in [6, 6.07) is 6.58. The van der Waals surface area contributed by atoms with E-state index in [-0.39, 0.29) is 11.8 Å². The van der Waals surface area contributed by atoms with Gasteiger partial charge in [-0.3, -0.25) is 9.69 Å². The van der Waals surface area contributed by atoms with Crippen molar-refractivity contribution in [1.82, 2.24) is 4.90 Å². The van der Waals surface area contributed by atoms with Crippen LogP contribution in [0, 0.1) is 0 Å². The van der Waals surface area contributed by atoms with Crippen molar-refractivity contribution in [1.29, 1.82) is 0 Å². The molecule has 0 radical (unpaired) electrons. The highest BCUT2D eigenvalue weighted by atomic mass is 35.5. The summed E-state index contributed by atoms with van der Waals surface area (Å²) in [5.74, 6) is -0.190. The number of nitrogens with one attached hydrogen (secondary N) is 2. The molecule has 22 heavy (non-hydrogen) atoms. The number of rotatable bonds is 7. The first-order valence-corrected chi connectivity index (χ1v) is 8.68. The molecule has 122 valence electrons. The molecule has 1 atom stereocenters. The molecule has 0 saturated carbocycles. The van der Waals surface area contributed by atoms with Crippen LogP contribution in [0.15, 0.2) is 18.2 Å². The smallest absolute Gasteiger partial charge is 0.239 e. The van der Waals surface area contributed by atoms with Crippen molar-refractivity contribution in [3.8, 4) is 0 Å². The van der Waals surface area contributed by atoms with E-state index < -0.39 is 0 Å². The standard InChI is InChI=1S/C17H26ClN3O/c1-3-8-21(9-4-2)14-10-13-6-5-7-15(17(13)19-12-14)20-16(22)11-18/h5-7,14,19H,3-4,8-12H2,1-2H3,(H,20,22). The topological polar surface area (TPSA) is 44.4 Å². The molecule has 1 aromatic carbocycles. The second-order valence-electron chi connectivity index (χ2n) is 5.80. The first kappa shape index (κ1) is 17.1. The number of anilines is 2. The molecule has 0 aliphatic carbocycles. The maximum atomic E-state index is 11.5. The molecule has 0 bridgehead atoms. The summed E-state index contributed by atoms with van der Waals surface area (Å²) in [4.78, 5) is 14.1. The quantitative estimate of drug-likeness (QED) is 0.757. The van der Waals surface area contributed by atoms with Crippen LogP contribution in [0.5, 0.6) is 0 Å². The highest BCUT2D eigenvalue weighted by molar-refractivity contribution is 6.29. The molecule has 2 rings (SSSR count).